The van der Waals surface area contributed by atoms with Crippen molar-refractivity contribution < 1.29 is 0 Å². The maximum atomic E-state index is 5.57. The molecule has 0 nitrogen and oxygen atoms in total. The van der Waals surface area contributed by atoms with Gasteiger partial charge in [0, 0.05) is 17.4 Å². The van der Waals surface area contributed by atoms with E-state index in [0.29, 0.717) is 4.58 Å². The van der Waals surface area contributed by atoms with Gasteiger partial charge < -0.3 is 0 Å². The molecule has 0 aromatic carbocycles. The number of hydrogen-bond acceptors (Lipinski definition) is 2. The molecule has 0 amide bonds. The molecule has 0 saturated carbocycles. The van der Waals surface area contributed by atoms with Crippen molar-refractivity contribution in [1.82, 2.24) is 0 Å². The summed E-state index contributed by atoms with van der Waals surface area (Å²) < 4.78 is 0.696. The van der Waals surface area contributed by atoms with E-state index in [2.05, 4.69) is 0 Å². The molecule has 1 aliphatic heterocycles. The Labute approximate surface area is 72.1 Å². The molecule has 0 radical (unpaired) electrons. The topological polar surface area (TPSA) is 0 Å². The van der Waals surface area contributed by atoms with Gasteiger partial charge in [-0.05, 0) is 0 Å². The minimum absolute atomic E-state index is 0. The number of hydrogen-bond donors (Lipinski definition) is 0. The highest BCUT2D eigenvalue weighted by Crippen LogP contribution is 2.32. The quantitative estimate of drug-likeness (QED) is 0.577. The summed E-state index contributed by atoms with van der Waals surface area (Å²) >= 11 is 9.51. The first-order valence-corrected chi connectivity index (χ1v) is 4.86. The van der Waals surface area contributed by atoms with E-state index in [1.165, 1.54) is 11.5 Å². The highest BCUT2D eigenvalue weighted by molar-refractivity contribution is 8.20. The molecule has 1 aliphatic rings. The largest absolute Gasteiger partial charge is 0.146 e. The van der Waals surface area contributed by atoms with E-state index in [1.54, 1.807) is 0 Å². The molecule has 0 spiro atoms. The van der Waals surface area contributed by atoms with Crippen LogP contribution in [-0.4, -0.2) is 22.0 Å². The van der Waals surface area contributed by atoms with Gasteiger partial charge in [0.2, 0.25) is 0 Å². The second-order valence-electron chi connectivity index (χ2n) is 1.33. The predicted molar refractivity (Wildman–Crippen MR) is 52.9 cm³/mol. The lowest BCUT2D eigenvalue weighted by Gasteiger charge is -1.97. The molecule has 3 heteroatoms. The summed E-state index contributed by atoms with van der Waals surface area (Å²) in [7, 11) is 0. The fraction of sp³-hybridized carbons (Fsp3) is 1.00. The Kier molecular flexibility index (Phi) is 9.98. The minimum Gasteiger partial charge on any atom is -0.146 e. The first kappa shape index (κ1) is 12.6. The number of thioether (sulfide) groups is 2. The molecule has 0 aliphatic carbocycles. The van der Waals surface area contributed by atoms with E-state index in [1.807, 2.05) is 23.5 Å². The fourth-order valence-corrected chi connectivity index (χ4v) is 3.47. The number of halogens is 1. The van der Waals surface area contributed by atoms with E-state index in [0.717, 1.165) is 5.88 Å². The van der Waals surface area contributed by atoms with Gasteiger partial charge in [-0.25, -0.2) is 0 Å². The SMILES string of the molecule is C.C.ClCC1SCCS1. The summed E-state index contributed by atoms with van der Waals surface area (Å²) in [5.41, 5.74) is 0. The lowest BCUT2D eigenvalue weighted by atomic mass is 10.9. The van der Waals surface area contributed by atoms with Gasteiger partial charge in [-0.3, -0.25) is 0 Å². The normalized spacial score (nSPS) is 18.3. The Balaban J connectivity index is 0. The van der Waals surface area contributed by atoms with Crippen LogP contribution in [0.3, 0.4) is 0 Å². The van der Waals surface area contributed by atoms with Gasteiger partial charge in [0.1, 0.15) is 0 Å². The highest BCUT2D eigenvalue weighted by atomic mass is 35.5. The van der Waals surface area contributed by atoms with Gasteiger partial charge in [0.05, 0.1) is 4.58 Å². The summed E-state index contributed by atoms with van der Waals surface area (Å²) in [6, 6.07) is 0. The third kappa shape index (κ3) is 4.40. The fourth-order valence-electron chi connectivity index (χ4n) is 0.496. The van der Waals surface area contributed by atoms with Crippen molar-refractivity contribution >= 4 is 35.1 Å². The average Bonchev–Trinajstić information content (AvgIpc) is 2.14. The predicted octanol–water partition coefficient (Wildman–Crippen LogP) is 3.30. The van der Waals surface area contributed by atoms with Crippen molar-refractivity contribution in [3.05, 3.63) is 0 Å². The summed E-state index contributed by atoms with van der Waals surface area (Å²) in [6.45, 7) is 0. The number of rotatable bonds is 1. The zero-order valence-electron chi connectivity index (χ0n) is 3.89. The monoisotopic (exact) mass is 186 g/mol. The molecule has 1 rings (SSSR count). The lowest BCUT2D eigenvalue weighted by molar-refractivity contribution is 1.45. The Morgan fingerprint density at radius 1 is 1.22 bits per heavy atom. The second kappa shape index (κ2) is 7.10. The van der Waals surface area contributed by atoms with Gasteiger partial charge in [-0.2, -0.15) is 0 Å². The van der Waals surface area contributed by atoms with Crippen LogP contribution in [0.25, 0.3) is 0 Å². The third-order valence-electron chi connectivity index (χ3n) is 0.817. The molecular formula is C6H15ClS2. The Hall–Kier alpha value is 0.990. The van der Waals surface area contributed by atoms with E-state index < -0.39 is 0 Å². The van der Waals surface area contributed by atoms with Crippen molar-refractivity contribution in [3.63, 3.8) is 0 Å². The van der Waals surface area contributed by atoms with Crippen molar-refractivity contribution in [2.75, 3.05) is 17.4 Å². The molecule has 1 heterocycles. The van der Waals surface area contributed by atoms with Crippen LogP contribution in [0.4, 0.5) is 0 Å². The molecule has 0 bridgehead atoms. The maximum Gasteiger partial charge on any atom is 0.0638 e. The Morgan fingerprint density at radius 3 is 1.89 bits per heavy atom. The third-order valence-corrected chi connectivity index (χ3v) is 4.52. The molecule has 58 valence electrons. The van der Waals surface area contributed by atoms with Crippen LogP contribution in [0.1, 0.15) is 14.9 Å². The Bertz CT molecular complexity index is 53.0. The van der Waals surface area contributed by atoms with Gasteiger partial charge >= 0.3 is 0 Å². The molecule has 1 saturated heterocycles. The smallest absolute Gasteiger partial charge is 0.0638 e. The van der Waals surface area contributed by atoms with Crippen LogP contribution in [0.15, 0.2) is 0 Å². The molecule has 0 atom stereocenters. The van der Waals surface area contributed by atoms with Gasteiger partial charge in [0.15, 0.2) is 0 Å². The van der Waals surface area contributed by atoms with Crippen LogP contribution < -0.4 is 0 Å². The summed E-state index contributed by atoms with van der Waals surface area (Å²) in [4.78, 5) is 0. The first-order valence-electron chi connectivity index (χ1n) is 2.22. The second-order valence-corrected chi connectivity index (χ2v) is 4.55. The summed E-state index contributed by atoms with van der Waals surface area (Å²) in [6.07, 6.45) is 0. The first-order chi connectivity index (χ1) is 3.43. The summed E-state index contributed by atoms with van der Waals surface area (Å²) in [5, 5.41) is 0. The highest BCUT2D eigenvalue weighted by Gasteiger charge is 2.13. The van der Waals surface area contributed by atoms with Gasteiger partial charge in [-0.15, -0.1) is 35.1 Å². The number of alkyl halides is 1. The van der Waals surface area contributed by atoms with Gasteiger partial charge in [0.25, 0.3) is 0 Å². The molecule has 0 aromatic heterocycles. The summed E-state index contributed by atoms with van der Waals surface area (Å²) in [5.74, 6) is 3.40. The van der Waals surface area contributed by atoms with E-state index in [-0.39, 0.29) is 14.9 Å². The van der Waals surface area contributed by atoms with Crippen LogP contribution in [0.5, 0.6) is 0 Å². The van der Waals surface area contributed by atoms with Gasteiger partial charge in [-0.1, -0.05) is 14.9 Å². The average molecular weight is 187 g/mol. The molecular weight excluding hydrogens is 172 g/mol. The lowest BCUT2D eigenvalue weighted by Crippen LogP contribution is -1.89. The van der Waals surface area contributed by atoms with E-state index in [9.17, 15) is 0 Å². The van der Waals surface area contributed by atoms with E-state index >= 15 is 0 Å². The zero-order chi connectivity index (χ0) is 5.11. The van der Waals surface area contributed by atoms with Crippen LogP contribution in [0, 0.1) is 0 Å². The van der Waals surface area contributed by atoms with Crippen LogP contribution in [-0.2, 0) is 0 Å². The Morgan fingerprint density at radius 2 is 1.67 bits per heavy atom. The van der Waals surface area contributed by atoms with Crippen LogP contribution >= 0.6 is 35.1 Å². The van der Waals surface area contributed by atoms with Crippen LogP contribution in [0.2, 0.25) is 0 Å². The molecule has 0 unspecified atom stereocenters. The molecule has 1 fully saturated rings. The van der Waals surface area contributed by atoms with E-state index in [4.69, 9.17) is 11.6 Å². The maximum absolute atomic E-state index is 5.57. The van der Waals surface area contributed by atoms with Crippen molar-refractivity contribution in [2.24, 2.45) is 0 Å². The zero-order valence-corrected chi connectivity index (χ0v) is 6.28. The molecule has 0 aromatic rings. The van der Waals surface area contributed by atoms with Crippen molar-refractivity contribution in [2.45, 2.75) is 19.4 Å². The van der Waals surface area contributed by atoms with Crippen molar-refractivity contribution in [1.29, 1.82) is 0 Å². The molecule has 9 heavy (non-hydrogen) atoms. The molecule has 0 N–H and O–H groups in total. The minimum atomic E-state index is 0. The van der Waals surface area contributed by atoms with Crippen molar-refractivity contribution in [3.8, 4) is 0 Å². The standard InChI is InChI=1S/C4H7ClS2.2CH4/c5-3-4-6-1-2-7-4;;/h4H,1-3H2;2*1H4.